The summed E-state index contributed by atoms with van der Waals surface area (Å²) in [4.78, 5) is 11.3. The van der Waals surface area contributed by atoms with Gasteiger partial charge < -0.3 is 15.0 Å². The number of hydrogen-bond donors (Lipinski definition) is 1. The van der Waals surface area contributed by atoms with Gasteiger partial charge in [-0.1, -0.05) is 6.42 Å². The fraction of sp³-hybridized carbons (Fsp3) is 0.800. The highest BCUT2D eigenvalue weighted by Gasteiger charge is 2.30. The van der Waals surface area contributed by atoms with Crippen LogP contribution in [0.3, 0.4) is 0 Å². The molecular weight excluding hydrogens is 284 g/mol. The molecule has 21 heavy (non-hydrogen) atoms. The van der Waals surface area contributed by atoms with Gasteiger partial charge in [-0.05, 0) is 26.4 Å². The molecule has 1 atom stereocenters. The number of nitrogens with zero attached hydrogens (tertiary/aromatic N) is 3. The Balaban J connectivity index is 1.72. The van der Waals surface area contributed by atoms with E-state index in [0.717, 1.165) is 31.4 Å². The van der Waals surface area contributed by atoms with Gasteiger partial charge in [0.15, 0.2) is 5.13 Å². The molecule has 0 amide bonds. The van der Waals surface area contributed by atoms with E-state index >= 15 is 0 Å². The summed E-state index contributed by atoms with van der Waals surface area (Å²) in [5.74, 6) is 0. The molecule has 0 aromatic carbocycles. The molecule has 1 unspecified atom stereocenters. The van der Waals surface area contributed by atoms with Gasteiger partial charge in [0, 0.05) is 44.2 Å². The maximum absolute atomic E-state index is 5.29. The number of hydrogen-bond acceptors (Lipinski definition) is 6. The van der Waals surface area contributed by atoms with E-state index in [4.69, 9.17) is 9.72 Å². The predicted octanol–water partition coefficient (Wildman–Crippen LogP) is 1.68. The number of rotatable bonds is 5. The summed E-state index contributed by atoms with van der Waals surface area (Å²) >= 11 is 1.82. The standard InChI is InChI=1S/C15H26N4OS/c1-16-9-14-13(11-20-2)17-15(21-14)19-8-7-18-6-4-3-5-12(18)10-19/h12,16H,3-11H2,1-2H3. The molecule has 0 spiro atoms. The van der Waals surface area contributed by atoms with Gasteiger partial charge in [-0.15, -0.1) is 11.3 Å². The fourth-order valence-corrected chi connectivity index (χ4v) is 4.49. The van der Waals surface area contributed by atoms with E-state index in [-0.39, 0.29) is 0 Å². The third kappa shape index (κ3) is 3.39. The summed E-state index contributed by atoms with van der Waals surface area (Å²) < 4.78 is 5.29. The SMILES string of the molecule is CNCc1sc(N2CCN3CCCCC3C2)nc1COC. The molecular formula is C15H26N4OS. The molecule has 6 heteroatoms. The zero-order valence-electron chi connectivity index (χ0n) is 13.1. The predicted molar refractivity (Wildman–Crippen MR) is 87.0 cm³/mol. The molecule has 2 saturated heterocycles. The molecule has 0 radical (unpaired) electrons. The van der Waals surface area contributed by atoms with E-state index < -0.39 is 0 Å². The second-order valence-electron chi connectivity index (χ2n) is 5.96. The maximum atomic E-state index is 5.29. The molecule has 118 valence electrons. The van der Waals surface area contributed by atoms with Crippen LogP contribution in [0.2, 0.25) is 0 Å². The smallest absolute Gasteiger partial charge is 0.186 e. The second-order valence-corrected chi connectivity index (χ2v) is 7.02. The number of nitrogens with one attached hydrogen (secondary N) is 1. The highest BCUT2D eigenvalue weighted by atomic mass is 32.1. The second kappa shape index (κ2) is 7.05. The first kappa shape index (κ1) is 15.2. The highest BCUT2D eigenvalue weighted by molar-refractivity contribution is 7.15. The van der Waals surface area contributed by atoms with Crippen molar-refractivity contribution in [3.8, 4) is 0 Å². The van der Waals surface area contributed by atoms with Crippen LogP contribution in [0.25, 0.3) is 0 Å². The number of piperazine rings is 1. The lowest BCUT2D eigenvalue weighted by atomic mass is 10.00. The summed E-state index contributed by atoms with van der Waals surface area (Å²) in [5.41, 5.74) is 1.10. The first-order chi connectivity index (χ1) is 10.3. The van der Waals surface area contributed by atoms with Gasteiger partial charge >= 0.3 is 0 Å². The van der Waals surface area contributed by atoms with Crippen LogP contribution in [0, 0.1) is 0 Å². The van der Waals surface area contributed by atoms with Crippen molar-refractivity contribution in [2.75, 3.05) is 45.2 Å². The van der Waals surface area contributed by atoms with Gasteiger partial charge in [0.05, 0.1) is 12.3 Å². The van der Waals surface area contributed by atoms with Gasteiger partial charge in [0.2, 0.25) is 0 Å². The Morgan fingerprint density at radius 3 is 3.05 bits per heavy atom. The lowest BCUT2D eigenvalue weighted by Gasteiger charge is -2.44. The van der Waals surface area contributed by atoms with Crippen molar-refractivity contribution >= 4 is 16.5 Å². The topological polar surface area (TPSA) is 40.6 Å². The number of ether oxygens (including phenoxy) is 1. The Hall–Kier alpha value is -0.690. The Kier molecular flexibility index (Phi) is 5.11. The zero-order chi connectivity index (χ0) is 14.7. The molecule has 0 bridgehead atoms. The van der Waals surface area contributed by atoms with Crippen LogP contribution < -0.4 is 10.2 Å². The summed E-state index contributed by atoms with van der Waals surface area (Å²) in [6, 6.07) is 0.732. The average Bonchev–Trinajstić information content (AvgIpc) is 2.91. The van der Waals surface area contributed by atoms with Gasteiger partial charge in [-0.2, -0.15) is 0 Å². The summed E-state index contributed by atoms with van der Waals surface area (Å²) in [5, 5.41) is 4.41. The molecule has 5 nitrogen and oxygen atoms in total. The van der Waals surface area contributed by atoms with Crippen LogP contribution in [0.15, 0.2) is 0 Å². The van der Waals surface area contributed by atoms with Gasteiger partial charge in [-0.25, -0.2) is 4.98 Å². The Labute approximate surface area is 131 Å². The van der Waals surface area contributed by atoms with Crippen molar-refractivity contribution in [2.45, 2.75) is 38.5 Å². The van der Waals surface area contributed by atoms with Crippen molar-refractivity contribution < 1.29 is 4.74 Å². The highest BCUT2D eigenvalue weighted by Crippen LogP contribution is 2.30. The minimum Gasteiger partial charge on any atom is -0.378 e. The van der Waals surface area contributed by atoms with E-state index in [2.05, 4.69) is 15.1 Å². The van der Waals surface area contributed by atoms with Crippen molar-refractivity contribution in [1.29, 1.82) is 0 Å². The molecule has 2 aliphatic rings. The zero-order valence-corrected chi connectivity index (χ0v) is 13.9. The number of methoxy groups -OCH3 is 1. The van der Waals surface area contributed by atoms with Crippen LogP contribution >= 0.6 is 11.3 Å². The lowest BCUT2D eigenvalue weighted by Crippen LogP contribution is -2.54. The molecule has 0 aliphatic carbocycles. The van der Waals surface area contributed by atoms with Crippen molar-refractivity contribution in [1.82, 2.24) is 15.2 Å². The third-order valence-corrected chi connectivity index (χ3v) is 5.65. The van der Waals surface area contributed by atoms with Gasteiger partial charge in [0.25, 0.3) is 0 Å². The van der Waals surface area contributed by atoms with Gasteiger partial charge in [0.1, 0.15) is 0 Å². The summed E-state index contributed by atoms with van der Waals surface area (Å²) in [6.45, 7) is 6.20. The van der Waals surface area contributed by atoms with E-state index in [9.17, 15) is 0 Å². The Morgan fingerprint density at radius 1 is 1.33 bits per heavy atom. The van der Waals surface area contributed by atoms with E-state index in [1.165, 1.54) is 42.4 Å². The van der Waals surface area contributed by atoms with Crippen LogP contribution in [0.4, 0.5) is 5.13 Å². The number of anilines is 1. The minimum absolute atomic E-state index is 0.608. The van der Waals surface area contributed by atoms with Crippen molar-refractivity contribution in [2.24, 2.45) is 0 Å². The lowest BCUT2D eigenvalue weighted by molar-refractivity contribution is 0.133. The molecule has 2 aliphatic heterocycles. The Morgan fingerprint density at radius 2 is 2.24 bits per heavy atom. The fourth-order valence-electron chi connectivity index (χ4n) is 3.38. The Bertz CT molecular complexity index is 441. The summed E-state index contributed by atoms with van der Waals surface area (Å²) in [7, 11) is 3.72. The molecule has 3 rings (SSSR count). The molecule has 0 saturated carbocycles. The number of thiazole rings is 1. The molecule has 1 aromatic rings. The van der Waals surface area contributed by atoms with Crippen molar-refractivity contribution in [3.05, 3.63) is 10.6 Å². The number of fused-ring (bicyclic) bond motifs is 1. The summed E-state index contributed by atoms with van der Waals surface area (Å²) in [6.07, 6.45) is 4.10. The average molecular weight is 310 g/mol. The number of piperidine rings is 1. The van der Waals surface area contributed by atoms with Gasteiger partial charge in [-0.3, -0.25) is 4.90 Å². The normalized spacial score (nSPS) is 23.3. The number of aromatic nitrogens is 1. The van der Waals surface area contributed by atoms with Crippen LogP contribution in [-0.4, -0.2) is 56.3 Å². The van der Waals surface area contributed by atoms with Crippen LogP contribution in [0.5, 0.6) is 0 Å². The quantitative estimate of drug-likeness (QED) is 0.896. The van der Waals surface area contributed by atoms with E-state index in [1.807, 2.05) is 18.4 Å². The monoisotopic (exact) mass is 310 g/mol. The molecule has 3 heterocycles. The molecule has 1 aromatic heterocycles. The van der Waals surface area contributed by atoms with Crippen LogP contribution in [-0.2, 0) is 17.9 Å². The molecule has 2 fully saturated rings. The third-order valence-electron chi connectivity index (χ3n) is 4.49. The van der Waals surface area contributed by atoms with Crippen molar-refractivity contribution in [3.63, 3.8) is 0 Å². The van der Waals surface area contributed by atoms with E-state index in [0.29, 0.717) is 6.61 Å². The van der Waals surface area contributed by atoms with E-state index in [1.54, 1.807) is 7.11 Å². The largest absolute Gasteiger partial charge is 0.378 e. The first-order valence-electron chi connectivity index (χ1n) is 7.93. The molecule has 1 N–H and O–H groups in total. The van der Waals surface area contributed by atoms with Crippen LogP contribution in [0.1, 0.15) is 29.8 Å². The first-order valence-corrected chi connectivity index (χ1v) is 8.74. The minimum atomic E-state index is 0.608. The maximum Gasteiger partial charge on any atom is 0.186 e.